The molecule has 1 aromatic heterocycles. The quantitative estimate of drug-likeness (QED) is 0.639. The van der Waals surface area contributed by atoms with Gasteiger partial charge in [0, 0.05) is 29.7 Å². The van der Waals surface area contributed by atoms with Crippen molar-refractivity contribution in [2.45, 2.75) is 18.9 Å². The van der Waals surface area contributed by atoms with Gasteiger partial charge in [0.05, 0.1) is 4.92 Å². The van der Waals surface area contributed by atoms with Crippen LogP contribution in [0.3, 0.4) is 0 Å². The molecule has 0 radical (unpaired) electrons. The first-order valence-corrected chi connectivity index (χ1v) is 6.54. The number of carbonyl (C=O) groups excluding carboxylic acids is 1. The molecule has 0 saturated carbocycles. The molecule has 6 heteroatoms. The minimum atomic E-state index is -0.509. The van der Waals surface area contributed by atoms with Gasteiger partial charge in [0.15, 0.2) is 5.78 Å². The highest BCUT2D eigenvalue weighted by atomic mass is 16.6. The minimum Gasteiger partial charge on any atom is -0.469 e. The zero-order valence-electron chi connectivity index (χ0n) is 11.1. The molecule has 6 nitrogen and oxygen atoms in total. The summed E-state index contributed by atoms with van der Waals surface area (Å²) in [4.78, 5) is 25.9. The molecule has 0 spiro atoms. The van der Waals surface area contributed by atoms with E-state index in [1.165, 1.54) is 12.1 Å². The zero-order valence-corrected chi connectivity index (χ0v) is 11.1. The summed E-state index contributed by atoms with van der Waals surface area (Å²) in [5, 5.41) is 10.6. The highest BCUT2D eigenvalue weighted by molar-refractivity contribution is 5.98. The maximum absolute atomic E-state index is 11.9. The Morgan fingerprint density at radius 3 is 2.76 bits per heavy atom. The van der Waals surface area contributed by atoms with E-state index in [0.29, 0.717) is 24.3 Å². The van der Waals surface area contributed by atoms with Gasteiger partial charge in [0.25, 0.3) is 5.69 Å². The lowest BCUT2D eigenvalue weighted by Gasteiger charge is -2.24. The molecule has 21 heavy (non-hydrogen) atoms. The van der Waals surface area contributed by atoms with E-state index in [0.717, 1.165) is 11.8 Å². The van der Waals surface area contributed by atoms with Crippen LogP contribution in [0.25, 0.3) is 0 Å². The van der Waals surface area contributed by atoms with Crippen molar-refractivity contribution in [3.8, 4) is 5.88 Å². The first-order valence-electron chi connectivity index (χ1n) is 6.54. The highest BCUT2D eigenvalue weighted by Crippen LogP contribution is 2.33. The molecule has 1 aromatic carbocycles. The van der Waals surface area contributed by atoms with Gasteiger partial charge in [-0.25, -0.2) is 4.98 Å². The fourth-order valence-corrected chi connectivity index (χ4v) is 2.40. The van der Waals surface area contributed by atoms with E-state index in [2.05, 4.69) is 4.98 Å². The molecular formula is C15H12N2O4. The Morgan fingerprint density at radius 2 is 2.05 bits per heavy atom. The van der Waals surface area contributed by atoms with Crippen LogP contribution in [0, 0.1) is 10.1 Å². The Labute approximate surface area is 120 Å². The van der Waals surface area contributed by atoms with Crippen LogP contribution in [0.4, 0.5) is 5.69 Å². The number of benzene rings is 1. The van der Waals surface area contributed by atoms with Crippen molar-refractivity contribution in [1.82, 2.24) is 4.98 Å². The molecule has 0 saturated heterocycles. The third-order valence-corrected chi connectivity index (χ3v) is 3.44. The molecule has 0 bridgehead atoms. The predicted octanol–water partition coefficient (Wildman–Crippen LogP) is 3.09. The van der Waals surface area contributed by atoms with Gasteiger partial charge < -0.3 is 4.74 Å². The van der Waals surface area contributed by atoms with Crippen LogP contribution in [0.5, 0.6) is 5.88 Å². The molecule has 1 atom stereocenters. The Hall–Kier alpha value is -2.76. The second-order valence-electron chi connectivity index (χ2n) is 4.77. The molecule has 1 aliphatic carbocycles. The molecule has 106 valence electrons. The molecule has 0 aliphatic heterocycles. The molecule has 0 amide bonds. The van der Waals surface area contributed by atoms with Crippen LogP contribution < -0.4 is 4.74 Å². The fourth-order valence-electron chi connectivity index (χ4n) is 2.40. The van der Waals surface area contributed by atoms with Gasteiger partial charge in [-0.3, -0.25) is 14.9 Å². The Bertz CT molecular complexity index is 697. The summed E-state index contributed by atoms with van der Waals surface area (Å²) in [5.74, 6) is 0.428. The minimum absolute atomic E-state index is 0.0819. The van der Waals surface area contributed by atoms with E-state index in [-0.39, 0.29) is 17.6 Å². The number of aromatic nitrogens is 1. The molecule has 2 aromatic rings. The van der Waals surface area contributed by atoms with Crippen molar-refractivity contribution < 1.29 is 14.5 Å². The summed E-state index contributed by atoms with van der Waals surface area (Å²) in [6, 6.07) is 10.2. The second kappa shape index (κ2) is 5.32. The van der Waals surface area contributed by atoms with Gasteiger partial charge >= 0.3 is 0 Å². The molecule has 0 N–H and O–H groups in total. The van der Waals surface area contributed by atoms with E-state index in [9.17, 15) is 14.9 Å². The maximum atomic E-state index is 11.9. The summed E-state index contributed by atoms with van der Waals surface area (Å²) >= 11 is 0. The van der Waals surface area contributed by atoms with Crippen LogP contribution in [0.15, 0.2) is 42.6 Å². The summed E-state index contributed by atoms with van der Waals surface area (Å²) in [6.07, 6.45) is 1.91. The summed E-state index contributed by atoms with van der Waals surface area (Å²) in [5.41, 5.74) is 1.44. The first kappa shape index (κ1) is 13.2. The molecule has 1 unspecified atom stereocenters. The van der Waals surface area contributed by atoms with E-state index < -0.39 is 4.92 Å². The van der Waals surface area contributed by atoms with E-state index in [1.807, 2.05) is 18.2 Å². The lowest BCUT2D eigenvalue weighted by Crippen LogP contribution is -2.19. The highest BCUT2D eigenvalue weighted by Gasteiger charge is 2.26. The lowest BCUT2D eigenvalue weighted by molar-refractivity contribution is -0.385. The third-order valence-electron chi connectivity index (χ3n) is 3.44. The van der Waals surface area contributed by atoms with Gasteiger partial charge in [-0.05, 0) is 6.42 Å². The number of nitrogens with zero attached hydrogens (tertiary/aromatic N) is 2. The second-order valence-corrected chi connectivity index (χ2v) is 4.77. The van der Waals surface area contributed by atoms with Gasteiger partial charge in [-0.2, -0.15) is 0 Å². The average Bonchev–Trinajstić information content (AvgIpc) is 2.51. The number of nitro groups is 1. The van der Waals surface area contributed by atoms with E-state index in [1.54, 1.807) is 6.07 Å². The summed E-state index contributed by atoms with van der Waals surface area (Å²) in [6.45, 7) is 0. The number of rotatable bonds is 3. The van der Waals surface area contributed by atoms with Crippen molar-refractivity contribution in [3.63, 3.8) is 0 Å². The number of carbonyl (C=O) groups is 1. The molecule has 1 aliphatic rings. The largest absolute Gasteiger partial charge is 0.469 e. The molecule has 0 fully saturated rings. The Morgan fingerprint density at radius 1 is 1.24 bits per heavy atom. The fraction of sp³-hybridized carbons (Fsp3) is 0.200. The summed E-state index contributed by atoms with van der Waals surface area (Å²) < 4.78 is 5.78. The number of hydrogen-bond acceptors (Lipinski definition) is 5. The standard InChI is InChI=1S/C15H12N2O4/c18-13-6-7-14(12-4-2-1-3-11(12)13)21-15-8-5-10(9-16-15)17(19)20/h1-5,8-9,14H,6-7H2. The number of Topliss-reactive ketones (excluding diaryl/α,β-unsaturated/α-hetero) is 1. The number of ether oxygens (including phenoxy) is 1. The van der Waals surface area contributed by atoms with Gasteiger partial charge in [0.1, 0.15) is 12.3 Å². The van der Waals surface area contributed by atoms with E-state index in [4.69, 9.17) is 4.74 Å². The maximum Gasteiger partial charge on any atom is 0.287 e. The number of fused-ring (bicyclic) bond motifs is 1. The average molecular weight is 284 g/mol. The van der Waals surface area contributed by atoms with Crippen LogP contribution >= 0.6 is 0 Å². The number of pyridine rings is 1. The van der Waals surface area contributed by atoms with Gasteiger partial charge in [-0.1, -0.05) is 24.3 Å². The van der Waals surface area contributed by atoms with Crippen molar-refractivity contribution in [3.05, 3.63) is 63.8 Å². The number of hydrogen-bond donors (Lipinski definition) is 0. The van der Waals surface area contributed by atoms with Crippen LogP contribution in [0.1, 0.15) is 34.9 Å². The van der Waals surface area contributed by atoms with Crippen molar-refractivity contribution in [2.75, 3.05) is 0 Å². The topological polar surface area (TPSA) is 82.3 Å². The van der Waals surface area contributed by atoms with Crippen molar-refractivity contribution in [2.24, 2.45) is 0 Å². The van der Waals surface area contributed by atoms with Crippen LogP contribution in [-0.2, 0) is 0 Å². The van der Waals surface area contributed by atoms with Gasteiger partial charge in [-0.15, -0.1) is 0 Å². The number of ketones is 1. The Kier molecular flexibility index (Phi) is 3.35. The van der Waals surface area contributed by atoms with E-state index >= 15 is 0 Å². The summed E-state index contributed by atoms with van der Waals surface area (Å²) in [7, 11) is 0. The normalized spacial score (nSPS) is 17.1. The SMILES string of the molecule is O=C1CCC(Oc2ccc([N+](=O)[O-])cn2)c2ccccc21. The van der Waals surface area contributed by atoms with Gasteiger partial charge in [0.2, 0.25) is 5.88 Å². The first-order chi connectivity index (χ1) is 10.1. The van der Waals surface area contributed by atoms with Crippen molar-refractivity contribution in [1.29, 1.82) is 0 Å². The molecular weight excluding hydrogens is 272 g/mol. The van der Waals surface area contributed by atoms with Crippen molar-refractivity contribution >= 4 is 11.5 Å². The third kappa shape index (κ3) is 2.60. The molecule has 1 heterocycles. The van der Waals surface area contributed by atoms with Crippen LogP contribution in [0.2, 0.25) is 0 Å². The monoisotopic (exact) mass is 284 g/mol. The molecule has 3 rings (SSSR count). The smallest absolute Gasteiger partial charge is 0.287 e. The Balaban J connectivity index is 1.84. The lowest BCUT2D eigenvalue weighted by atomic mass is 9.88. The predicted molar refractivity (Wildman–Crippen MR) is 74.3 cm³/mol. The zero-order chi connectivity index (χ0) is 14.8. The van der Waals surface area contributed by atoms with Crippen LogP contribution in [-0.4, -0.2) is 15.7 Å².